The SMILES string of the molecule is C.Cc1ccc(N2CCN(C)CC2)c2c1CC[C@H](NC(=O)Nc1cnc(-c3cc(C(F)(F)F)cc(C(F)(F)F)c3)cn1)C2. The summed E-state index contributed by atoms with van der Waals surface area (Å²) in [5.74, 6) is 0.00412. The van der Waals surface area contributed by atoms with Crippen molar-refractivity contribution in [1.29, 1.82) is 0 Å². The maximum Gasteiger partial charge on any atom is 0.416 e. The van der Waals surface area contributed by atoms with E-state index in [-0.39, 0.29) is 31.0 Å². The smallest absolute Gasteiger partial charge is 0.369 e. The van der Waals surface area contributed by atoms with Crippen LogP contribution in [-0.4, -0.2) is 60.2 Å². The molecular weight excluding hydrogens is 574 g/mol. The number of carbonyl (C=O) groups is 1. The zero-order chi connectivity index (χ0) is 30.2. The van der Waals surface area contributed by atoms with Crippen LogP contribution in [0.15, 0.2) is 42.7 Å². The van der Waals surface area contributed by atoms with E-state index >= 15 is 0 Å². The summed E-state index contributed by atoms with van der Waals surface area (Å²) in [7, 11) is 2.10. The molecule has 1 fully saturated rings. The van der Waals surface area contributed by atoms with Gasteiger partial charge in [0.2, 0.25) is 0 Å². The van der Waals surface area contributed by atoms with Gasteiger partial charge in [-0.1, -0.05) is 13.5 Å². The summed E-state index contributed by atoms with van der Waals surface area (Å²) in [5, 5.41) is 5.52. The van der Waals surface area contributed by atoms with Gasteiger partial charge < -0.3 is 15.1 Å². The molecular formula is C30H34F6N6O. The first-order valence-corrected chi connectivity index (χ1v) is 13.5. The molecule has 1 aromatic heterocycles. The summed E-state index contributed by atoms with van der Waals surface area (Å²) < 4.78 is 79.3. The van der Waals surface area contributed by atoms with Gasteiger partial charge in [0, 0.05) is 43.5 Å². The molecule has 1 aliphatic carbocycles. The number of benzene rings is 2. The van der Waals surface area contributed by atoms with E-state index in [1.807, 2.05) is 0 Å². The lowest BCUT2D eigenvalue weighted by atomic mass is 9.84. The molecule has 0 saturated carbocycles. The highest BCUT2D eigenvalue weighted by atomic mass is 19.4. The fourth-order valence-electron chi connectivity index (χ4n) is 5.49. The van der Waals surface area contributed by atoms with Gasteiger partial charge in [0.25, 0.3) is 0 Å². The van der Waals surface area contributed by atoms with Gasteiger partial charge in [-0.15, -0.1) is 0 Å². The lowest BCUT2D eigenvalue weighted by Gasteiger charge is -2.37. The van der Waals surface area contributed by atoms with Gasteiger partial charge in [0.15, 0.2) is 5.82 Å². The highest BCUT2D eigenvalue weighted by molar-refractivity contribution is 5.88. The van der Waals surface area contributed by atoms with E-state index in [4.69, 9.17) is 0 Å². The Morgan fingerprint density at radius 3 is 2.14 bits per heavy atom. The Morgan fingerprint density at radius 2 is 1.56 bits per heavy atom. The van der Waals surface area contributed by atoms with Crippen LogP contribution in [0.2, 0.25) is 0 Å². The maximum absolute atomic E-state index is 13.2. The minimum atomic E-state index is -4.98. The van der Waals surface area contributed by atoms with Crippen LogP contribution in [0.25, 0.3) is 11.3 Å². The Kier molecular flexibility index (Phi) is 9.24. The molecule has 2 N–H and O–H groups in total. The summed E-state index contributed by atoms with van der Waals surface area (Å²) >= 11 is 0. The molecule has 0 spiro atoms. The van der Waals surface area contributed by atoms with E-state index in [1.54, 1.807) is 0 Å². The van der Waals surface area contributed by atoms with Crippen LogP contribution in [0, 0.1) is 6.92 Å². The number of halogens is 6. The van der Waals surface area contributed by atoms with Crippen molar-refractivity contribution in [2.45, 2.75) is 52.0 Å². The molecule has 0 bridgehead atoms. The van der Waals surface area contributed by atoms with Crippen molar-refractivity contribution in [2.24, 2.45) is 0 Å². The topological polar surface area (TPSA) is 73.4 Å². The number of likely N-dealkylation sites (N-methyl/N-ethyl adjacent to an activating group) is 1. The van der Waals surface area contributed by atoms with Crippen LogP contribution < -0.4 is 15.5 Å². The number of urea groups is 1. The molecule has 2 aliphatic rings. The van der Waals surface area contributed by atoms with E-state index < -0.39 is 35.1 Å². The van der Waals surface area contributed by atoms with Gasteiger partial charge in [0.1, 0.15) is 0 Å². The van der Waals surface area contributed by atoms with Gasteiger partial charge in [-0.05, 0) is 74.2 Å². The van der Waals surface area contributed by atoms with Crippen LogP contribution in [0.1, 0.15) is 41.7 Å². The minimum absolute atomic E-state index is 0. The molecule has 2 amide bonds. The second-order valence-electron chi connectivity index (χ2n) is 10.8. The van der Waals surface area contributed by atoms with Crippen LogP contribution in [-0.2, 0) is 25.2 Å². The standard InChI is InChI=1S/C29H30F6N6O.CH4/c1-17-3-6-25(41-9-7-40(2)8-10-41)23-14-21(4-5-22(17)23)38-27(42)39-26-16-36-24(15-37-26)18-11-19(28(30,31)32)13-20(12-18)29(33,34)35;/h3,6,11-13,15-16,21H,4-5,7-10,14H2,1-2H3,(H2,37,38,39,42);1H4/t21-;/m0./s1. The zero-order valence-corrected chi connectivity index (χ0v) is 23.0. The van der Waals surface area contributed by atoms with E-state index in [0.717, 1.165) is 51.4 Å². The normalized spacial score (nSPS) is 17.6. The number of carbonyl (C=O) groups excluding carboxylic acids is 1. The summed E-state index contributed by atoms with van der Waals surface area (Å²) in [6.45, 7) is 5.90. The molecule has 3 aromatic rings. The molecule has 1 aliphatic heterocycles. The lowest BCUT2D eigenvalue weighted by Crippen LogP contribution is -2.46. The largest absolute Gasteiger partial charge is 0.416 e. The first-order chi connectivity index (χ1) is 19.8. The summed E-state index contributed by atoms with van der Waals surface area (Å²) in [6, 6.07) is 4.85. The highest BCUT2D eigenvalue weighted by Crippen LogP contribution is 2.38. The summed E-state index contributed by atoms with van der Waals surface area (Å²) in [5.41, 5.74) is 1.48. The molecule has 13 heteroatoms. The molecule has 2 heterocycles. The molecule has 2 aromatic carbocycles. The van der Waals surface area contributed by atoms with Crippen molar-refractivity contribution in [1.82, 2.24) is 20.2 Å². The Labute approximate surface area is 246 Å². The average molecular weight is 609 g/mol. The Hall–Kier alpha value is -3.87. The van der Waals surface area contributed by atoms with Crippen molar-refractivity contribution in [3.05, 3.63) is 70.5 Å². The molecule has 5 rings (SSSR count). The first kappa shape index (κ1) is 32.1. The number of hydrogen-bond acceptors (Lipinski definition) is 5. The molecule has 0 unspecified atom stereocenters. The average Bonchev–Trinajstić information content (AvgIpc) is 2.93. The van der Waals surface area contributed by atoms with Crippen molar-refractivity contribution < 1.29 is 31.1 Å². The number of amides is 2. The minimum Gasteiger partial charge on any atom is -0.369 e. The Balaban J connectivity index is 0.00000423. The van der Waals surface area contributed by atoms with Gasteiger partial charge in [0.05, 0.1) is 29.2 Å². The number of aryl methyl sites for hydroxylation is 1. The second-order valence-corrected chi connectivity index (χ2v) is 10.8. The van der Waals surface area contributed by atoms with Crippen molar-refractivity contribution in [3.8, 4) is 11.3 Å². The quantitative estimate of drug-likeness (QED) is 0.329. The number of piperazine rings is 1. The summed E-state index contributed by atoms with van der Waals surface area (Å²) in [4.78, 5) is 25.4. The molecule has 7 nitrogen and oxygen atoms in total. The van der Waals surface area contributed by atoms with Crippen LogP contribution in [0.4, 0.5) is 42.6 Å². The number of alkyl halides is 6. The van der Waals surface area contributed by atoms with Crippen LogP contribution in [0.3, 0.4) is 0 Å². The second kappa shape index (κ2) is 12.4. The van der Waals surface area contributed by atoms with Crippen molar-refractivity contribution in [2.75, 3.05) is 43.4 Å². The lowest BCUT2D eigenvalue weighted by molar-refractivity contribution is -0.143. The third kappa shape index (κ3) is 7.38. The number of anilines is 2. The van der Waals surface area contributed by atoms with Crippen molar-refractivity contribution >= 4 is 17.5 Å². The molecule has 1 saturated heterocycles. The van der Waals surface area contributed by atoms with Gasteiger partial charge >= 0.3 is 18.4 Å². The van der Waals surface area contributed by atoms with E-state index in [0.29, 0.717) is 18.6 Å². The van der Waals surface area contributed by atoms with E-state index in [2.05, 4.69) is 56.5 Å². The highest BCUT2D eigenvalue weighted by Gasteiger charge is 2.37. The Bertz CT molecular complexity index is 1420. The predicted molar refractivity (Wildman–Crippen MR) is 153 cm³/mol. The number of nitrogens with zero attached hydrogens (tertiary/aromatic N) is 4. The van der Waals surface area contributed by atoms with E-state index in [9.17, 15) is 31.1 Å². The van der Waals surface area contributed by atoms with E-state index in [1.165, 1.54) is 22.4 Å². The molecule has 43 heavy (non-hydrogen) atoms. The number of aromatic nitrogens is 2. The maximum atomic E-state index is 13.2. The third-order valence-electron chi connectivity index (χ3n) is 7.79. The third-order valence-corrected chi connectivity index (χ3v) is 7.79. The number of fused-ring (bicyclic) bond motifs is 1. The molecule has 232 valence electrons. The number of rotatable bonds is 4. The first-order valence-electron chi connectivity index (χ1n) is 13.5. The summed E-state index contributed by atoms with van der Waals surface area (Å²) in [6.07, 6.45) is -5.62. The predicted octanol–water partition coefficient (Wildman–Crippen LogP) is 6.56. The number of nitrogens with one attached hydrogen (secondary N) is 2. The van der Waals surface area contributed by atoms with Gasteiger partial charge in [-0.3, -0.25) is 10.3 Å². The number of hydrogen-bond donors (Lipinski definition) is 2. The molecule has 1 atom stereocenters. The van der Waals surface area contributed by atoms with Gasteiger partial charge in [-0.2, -0.15) is 26.3 Å². The van der Waals surface area contributed by atoms with Crippen LogP contribution >= 0.6 is 0 Å². The monoisotopic (exact) mass is 608 g/mol. The fraction of sp³-hybridized carbons (Fsp3) is 0.433. The van der Waals surface area contributed by atoms with Gasteiger partial charge in [-0.25, -0.2) is 9.78 Å². The van der Waals surface area contributed by atoms with Crippen molar-refractivity contribution in [3.63, 3.8) is 0 Å². The zero-order valence-electron chi connectivity index (χ0n) is 23.0. The fourth-order valence-corrected chi connectivity index (χ4v) is 5.49. The Morgan fingerprint density at radius 1 is 0.907 bits per heavy atom. The van der Waals surface area contributed by atoms with Crippen LogP contribution in [0.5, 0.6) is 0 Å². The molecule has 0 radical (unpaired) electrons.